The van der Waals surface area contributed by atoms with Gasteiger partial charge in [0.05, 0.1) is 18.3 Å². The zero-order chi connectivity index (χ0) is 25.6. The number of ether oxygens (including phenoxy) is 2. The first-order chi connectivity index (χ1) is 16.2. The Balaban J connectivity index is 1.49. The molecule has 5 nitrogen and oxygen atoms in total. The van der Waals surface area contributed by atoms with Crippen molar-refractivity contribution in [1.29, 1.82) is 0 Å². The van der Waals surface area contributed by atoms with Crippen LogP contribution in [-0.2, 0) is 14.3 Å². The molecule has 4 aliphatic carbocycles. The van der Waals surface area contributed by atoms with Crippen LogP contribution in [0.5, 0.6) is 0 Å². The smallest absolute Gasteiger partial charge is 0.302 e. The van der Waals surface area contributed by atoms with E-state index in [2.05, 4.69) is 41.5 Å². The summed E-state index contributed by atoms with van der Waals surface area (Å²) in [5.74, 6) is 1.45. The number of esters is 1. The molecule has 5 fully saturated rings. The first-order valence-electron chi connectivity index (χ1n) is 14.4. The van der Waals surface area contributed by atoms with Gasteiger partial charge < -0.3 is 19.7 Å². The van der Waals surface area contributed by atoms with Gasteiger partial charge in [-0.25, -0.2) is 0 Å². The summed E-state index contributed by atoms with van der Waals surface area (Å²) in [6.07, 6.45) is 8.98. The summed E-state index contributed by atoms with van der Waals surface area (Å²) in [5.41, 5.74) is -0.489. The maximum Gasteiger partial charge on any atom is 0.302 e. The van der Waals surface area contributed by atoms with E-state index in [-0.39, 0.29) is 41.0 Å². The summed E-state index contributed by atoms with van der Waals surface area (Å²) in [5, 5.41) is 23.1. The molecule has 1 saturated heterocycles. The Hall–Kier alpha value is -0.650. The molecular weight excluding hydrogens is 440 g/mol. The Morgan fingerprint density at radius 3 is 2.40 bits per heavy atom. The molecular formula is C30H50O5. The monoisotopic (exact) mass is 490 g/mol. The van der Waals surface area contributed by atoms with Crippen molar-refractivity contribution >= 4 is 5.97 Å². The molecule has 35 heavy (non-hydrogen) atoms. The summed E-state index contributed by atoms with van der Waals surface area (Å²) >= 11 is 0. The Bertz CT molecular complexity index is 856. The van der Waals surface area contributed by atoms with Crippen LogP contribution in [-0.4, -0.2) is 46.7 Å². The minimum absolute atomic E-state index is 0.0159. The van der Waals surface area contributed by atoms with Crippen molar-refractivity contribution in [3.63, 3.8) is 0 Å². The summed E-state index contributed by atoms with van der Waals surface area (Å²) < 4.78 is 12.2. The number of hydrogen-bond donors (Lipinski definition) is 2. The number of rotatable bonds is 2. The van der Waals surface area contributed by atoms with Gasteiger partial charge in [-0.1, -0.05) is 41.0 Å². The second-order valence-corrected chi connectivity index (χ2v) is 14.8. The van der Waals surface area contributed by atoms with Crippen LogP contribution in [0.1, 0.15) is 106 Å². The van der Waals surface area contributed by atoms with E-state index in [4.69, 9.17) is 9.47 Å². The molecule has 0 aromatic rings. The van der Waals surface area contributed by atoms with Gasteiger partial charge in [0.15, 0.2) is 0 Å². The summed E-state index contributed by atoms with van der Waals surface area (Å²) in [4.78, 5) is 11.5. The Kier molecular flexibility index (Phi) is 6.07. The Morgan fingerprint density at radius 2 is 1.71 bits per heavy atom. The highest BCUT2D eigenvalue weighted by Gasteiger charge is 2.72. The second-order valence-electron chi connectivity index (χ2n) is 14.8. The third kappa shape index (κ3) is 3.53. The van der Waals surface area contributed by atoms with Gasteiger partial charge in [-0.2, -0.15) is 0 Å². The first-order valence-corrected chi connectivity index (χ1v) is 14.4. The lowest BCUT2D eigenvalue weighted by Gasteiger charge is -2.64. The highest BCUT2D eigenvalue weighted by Crippen LogP contribution is 2.73. The first kappa shape index (κ1) is 26.0. The third-order valence-corrected chi connectivity index (χ3v) is 12.7. The van der Waals surface area contributed by atoms with Crippen molar-refractivity contribution in [3.05, 3.63) is 0 Å². The van der Waals surface area contributed by atoms with Crippen LogP contribution in [0.25, 0.3) is 0 Å². The molecule has 1 heterocycles. The Morgan fingerprint density at radius 1 is 1.00 bits per heavy atom. The van der Waals surface area contributed by atoms with E-state index in [1.165, 1.54) is 26.2 Å². The van der Waals surface area contributed by atoms with Gasteiger partial charge in [-0.3, -0.25) is 4.79 Å². The molecule has 0 radical (unpaired) electrons. The van der Waals surface area contributed by atoms with Crippen molar-refractivity contribution in [3.8, 4) is 0 Å². The van der Waals surface area contributed by atoms with Crippen LogP contribution in [0.3, 0.4) is 0 Å². The quantitative estimate of drug-likeness (QED) is 0.500. The van der Waals surface area contributed by atoms with Gasteiger partial charge in [-0.15, -0.1) is 0 Å². The van der Waals surface area contributed by atoms with E-state index in [1.807, 2.05) is 0 Å². The SMILES string of the molecule is CC(=O)OCC1(C)CC(C)C2C(O1)C(O)C1(C)C3CCC4C(CCCC21C)(CCC(O)C4(C)C)C3. The molecule has 5 heteroatoms. The molecule has 4 saturated carbocycles. The number of fused-ring (bicyclic) bond motifs is 5. The van der Waals surface area contributed by atoms with E-state index in [0.29, 0.717) is 29.1 Å². The molecule has 0 aromatic carbocycles. The van der Waals surface area contributed by atoms with Gasteiger partial charge in [0.2, 0.25) is 0 Å². The molecule has 2 N–H and O–H groups in total. The highest BCUT2D eigenvalue weighted by molar-refractivity contribution is 5.65. The molecule has 1 spiro atoms. The lowest BCUT2D eigenvalue weighted by atomic mass is 9.41. The molecule has 1 aliphatic heterocycles. The third-order valence-electron chi connectivity index (χ3n) is 12.7. The molecule has 2 bridgehead atoms. The van der Waals surface area contributed by atoms with Gasteiger partial charge in [0, 0.05) is 12.3 Å². The maximum absolute atomic E-state index is 12.2. The van der Waals surface area contributed by atoms with Crippen molar-refractivity contribution < 1.29 is 24.5 Å². The van der Waals surface area contributed by atoms with E-state index in [9.17, 15) is 15.0 Å². The summed E-state index contributed by atoms with van der Waals surface area (Å²) in [6.45, 7) is 15.5. The van der Waals surface area contributed by atoms with Crippen LogP contribution in [0.15, 0.2) is 0 Å². The van der Waals surface area contributed by atoms with Crippen molar-refractivity contribution in [1.82, 2.24) is 0 Å². The van der Waals surface area contributed by atoms with Gasteiger partial charge in [0.1, 0.15) is 12.2 Å². The number of aliphatic hydroxyl groups is 2. The molecule has 200 valence electrons. The Labute approximate surface area is 212 Å². The molecule has 5 rings (SSSR count). The normalized spacial score (nSPS) is 55.1. The number of carbonyl (C=O) groups excluding carboxylic acids is 1. The molecule has 0 aromatic heterocycles. The fourth-order valence-corrected chi connectivity index (χ4v) is 11.0. The van der Waals surface area contributed by atoms with Gasteiger partial charge in [0.25, 0.3) is 0 Å². The molecule has 0 amide bonds. The standard InChI is InChI=1S/C30H50O5/c1-18-15-27(5,17-34-19(2)31)35-24-23(18)28(6)12-8-13-30-14-11-22(32)26(3,4)21(30)10-9-20(16-30)29(28,7)25(24)33/h18,20-25,32-33H,8-17H2,1-7H3. The van der Waals surface area contributed by atoms with E-state index >= 15 is 0 Å². The summed E-state index contributed by atoms with van der Waals surface area (Å²) in [7, 11) is 0. The molecule has 11 atom stereocenters. The number of carbonyl (C=O) groups is 1. The second kappa shape index (κ2) is 8.17. The number of aliphatic hydroxyl groups excluding tert-OH is 2. The largest absolute Gasteiger partial charge is 0.463 e. The van der Waals surface area contributed by atoms with Crippen LogP contribution in [0.4, 0.5) is 0 Å². The zero-order valence-corrected chi connectivity index (χ0v) is 23.2. The average molecular weight is 491 g/mol. The fourth-order valence-electron chi connectivity index (χ4n) is 11.0. The van der Waals surface area contributed by atoms with Gasteiger partial charge >= 0.3 is 5.97 Å². The van der Waals surface area contributed by atoms with Crippen LogP contribution >= 0.6 is 0 Å². The zero-order valence-electron chi connectivity index (χ0n) is 23.2. The lowest BCUT2D eigenvalue weighted by molar-refractivity contribution is -0.209. The predicted molar refractivity (Wildman–Crippen MR) is 136 cm³/mol. The minimum atomic E-state index is -0.554. The van der Waals surface area contributed by atoms with Crippen LogP contribution in [0.2, 0.25) is 0 Å². The van der Waals surface area contributed by atoms with E-state index in [1.54, 1.807) is 0 Å². The van der Waals surface area contributed by atoms with Crippen LogP contribution in [0, 0.1) is 45.3 Å². The topological polar surface area (TPSA) is 76.0 Å². The average Bonchev–Trinajstić information content (AvgIpc) is 2.93. The fraction of sp³-hybridized carbons (Fsp3) is 0.967. The van der Waals surface area contributed by atoms with Crippen molar-refractivity contribution in [2.75, 3.05) is 6.61 Å². The van der Waals surface area contributed by atoms with Crippen LogP contribution < -0.4 is 0 Å². The maximum atomic E-state index is 12.2. The van der Waals surface area contributed by atoms with Crippen molar-refractivity contribution in [2.24, 2.45) is 45.3 Å². The molecule has 5 aliphatic rings. The molecule has 11 unspecified atom stereocenters. The minimum Gasteiger partial charge on any atom is -0.463 e. The highest BCUT2D eigenvalue weighted by atomic mass is 16.6. The van der Waals surface area contributed by atoms with E-state index < -0.39 is 11.7 Å². The lowest BCUT2D eigenvalue weighted by Crippen LogP contribution is -2.58. The van der Waals surface area contributed by atoms with Crippen molar-refractivity contribution in [2.45, 2.75) is 130 Å². The predicted octanol–water partition coefficient (Wildman–Crippen LogP) is 5.50. The van der Waals surface area contributed by atoms with E-state index in [0.717, 1.165) is 38.5 Å². The summed E-state index contributed by atoms with van der Waals surface area (Å²) in [6, 6.07) is 0. The van der Waals surface area contributed by atoms with Gasteiger partial charge in [-0.05, 0) is 98.2 Å². The number of hydrogen-bond acceptors (Lipinski definition) is 5.